The SMILES string of the molecule is CN=C(NCc1ccc(OCCCN(C)C)cc1)NCc1ccccc1C.I. The van der Waals surface area contributed by atoms with Gasteiger partial charge in [0.15, 0.2) is 5.96 Å². The van der Waals surface area contributed by atoms with Crippen molar-refractivity contribution >= 4 is 29.9 Å². The molecule has 0 radical (unpaired) electrons. The third-order valence-electron chi connectivity index (χ3n) is 4.33. The Labute approximate surface area is 186 Å². The molecule has 0 saturated carbocycles. The molecule has 0 aliphatic rings. The highest BCUT2D eigenvalue weighted by Crippen LogP contribution is 2.12. The molecule has 0 aliphatic heterocycles. The topological polar surface area (TPSA) is 48.9 Å². The minimum Gasteiger partial charge on any atom is -0.494 e. The number of hydrogen-bond acceptors (Lipinski definition) is 3. The molecule has 6 heteroatoms. The fraction of sp³-hybridized carbons (Fsp3) is 0.409. The first-order chi connectivity index (χ1) is 13.1. The molecule has 2 rings (SSSR count). The van der Waals surface area contributed by atoms with Crippen LogP contribution < -0.4 is 15.4 Å². The third-order valence-corrected chi connectivity index (χ3v) is 4.33. The zero-order valence-corrected chi connectivity index (χ0v) is 19.7. The lowest BCUT2D eigenvalue weighted by Crippen LogP contribution is -2.36. The van der Waals surface area contributed by atoms with Crippen molar-refractivity contribution in [2.45, 2.75) is 26.4 Å². The molecule has 0 unspecified atom stereocenters. The molecular weight excluding hydrogens is 463 g/mol. The average Bonchev–Trinajstić information content (AvgIpc) is 2.67. The minimum absolute atomic E-state index is 0. The van der Waals surface area contributed by atoms with Gasteiger partial charge in [-0.1, -0.05) is 36.4 Å². The quantitative estimate of drug-likeness (QED) is 0.240. The van der Waals surface area contributed by atoms with E-state index in [4.69, 9.17) is 4.74 Å². The summed E-state index contributed by atoms with van der Waals surface area (Å²) in [4.78, 5) is 6.46. The van der Waals surface area contributed by atoms with Gasteiger partial charge < -0.3 is 20.3 Å². The molecule has 2 aromatic rings. The fourth-order valence-electron chi connectivity index (χ4n) is 2.67. The van der Waals surface area contributed by atoms with E-state index in [1.165, 1.54) is 16.7 Å². The highest BCUT2D eigenvalue weighted by atomic mass is 127. The number of hydrogen-bond donors (Lipinski definition) is 2. The maximum absolute atomic E-state index is 5.77. The van der Waals surface area contributed by atoms with E-state index in [1.807, 2.05) is 12.1 Å². The summed E-state index contributed by atoms with van der Waals surface area (Å²) in [6.07, 6.45) is 1.03. The van der Waals surface area contributed by atoms with Gasteiger partial charge in [0.05, 0.1) is 6.61 Å². The number of rotatable bonds is 9. The molecule has 0 saturated heterocycles. The van der Waals surface area contributed by atoms with Crippen LogP contribution >= 0.6 is 24.0 Å². The van der Waals surface area contributed by atoms with Gasteiger partial charge in [0, 0.05) is 26.7 Å². The first-order valence-corrected chi connectivity index (χ1v) is 9.44. The monoisotopic (exact) mass is 496 g/mol. The Balaban J connectivity index is 0.00000392. The molecule has 0 bridgehead atoms. The van der Waals surface area contributed by atoms with E-state index in [2.05, 4.69) is 77.9 Å². The van der Waals surface area contributed by atoms with Gasteiger partial charge in [-0.25, -0.2) is 0 Å². The lowest BCUT2D eigenvalue weighted by molar-refractivity contribution is 0.281. The molecule has 0 aliphatic carbocycles. The molecule has 0 amide bonds. The molecule has 0 spiro atoms. The van der Waals surface area contributed by atoms with Crippen molar-refractivity contribution in [1.82, 2.24) is 15.5 Å². The molecule has 0 atom stereocenters. The van der Waals surface area contributed by atoms with Crippen LogP contribution in [0.25, 0.3) is 0 Å². The van der Waals surface area contributed by atoms with E-state index in [0.29, 0.717) is 6.54 Å². The zero-order valence-electron chi connectivity index (χ0n) is 17.4. The second-order valence-corrected chi connectivity index (χ2v) is 6.86. The Morgan fingerprint density at radius 3 is 2.32 bits per heavy atom. The second-order valence-electron chi connectivity index (χ2n) is 6.86. The van der Waals surface area contributed by atoms with Crippen molar-refractivity contribution in [1.29, 1.82) is 0 Å². The van der Waals surface area contributed by atoms with Crippen LogP contribution in [0.1, 0.15) is 23.1 Å². The van der Waals surface area contributed by atoms with E-state index in [9.17, 15) is 0 Å². The van der Waals surface area contributed by atoms with Crippen molar-refractivity contribution in [3.8, 4) is 5.75 Å². The van der Waals surface area contributed by atoms with Gasteiger partial charge in [0.1, 0.15) is 5.75 Å². The smallest absolute Gasteiger partial charge is 0.191 e. The Hall–Kier alpha value is -1.80. The van der Waals surface area contributed by atoms with Crippen molar-refractivity contribution < 1.29 is 4.74 Å². The molecule has 0 aromatic heterocycles. The molecule has 2 N–H and O–H groups in total. The van der Waals surface area contributed by atoms with Crippen LogP contribution in [-0.4, -0.2) is 45.2 Å². The number of guanidine groups is 1. The fourth-order valence-corrected chi connectivity index (χ4v) is 2.67. The summed E-state index contributed by atoms with van der Waals surface area (Å²) < 4.78 is 5.77. The summed E-state index contributed by atoms with van der Waals surface area (Å²) in [5.41, 5.74) is 3.74. The predicted octanol–water partition coefficient (Wildman–Crippen LogP) is 3.81. The number of halogens is 1. The highest BCUT2D eigenvalue weighted by molar-refractivity contribution is 14.0. The maximum atomic E-state index is 5.77. The van der Waals surface area contributed by atoms with Crippen molar-refractivity contribution in [3.63, 3.8) is 0 Å². The average molecular weight is 496 g/mol. The van der Waals surface area contributed by atoms with Gasteiger partial charge in [0.2, 0.25) is 0 Å². The Bertz CT molecular complexity index is 717. The van der Waals surface area contributed by atoms with Gasteiger partial charge >= 0.3 is 0 Å². The number of aliphatic imine (C=N–C) groups is 1. The molecule has 5 nitrogen and oxygen atoms in total. The van der Waals surface area contributed by atoms with E-state index in [0.717, 1.165) is 37.8 Å². The van der Waals surface area contributed by atoms with Crippen LogP contribution in [0.2, 0.25) is 0 Å². The van der Waals surface area contributed by atoms with Crippen LogP contribution in [0.15, 0.2) is 53.5 Å². The summed E-state index contributed by atoms with van der Waals surface area (Å²) in [7, 11) is 5.94. The first kappa shape index (κ1) is 24.2. The van der Waals surface area contributed by atoms with Gasteiger partial charge in [-0.15, -0.1) is 24.0 Å². The van der Waals surface area contributed by atoms with Crippen LogP contribution in [0.3, 0.4) is 0 Å². The van der Waals surface area contributed by atoms with E-state index in [1.54, 1.807) is 7.05 Å². The van der Waals surface area contributed by atoms with Crippen molar-refractivity contribution in [3.05, 3.63) is 65.2 Å². The largest absolute Gasteiger partial charge is 0.494 e. The van der Waals surface area contributed by atoms with E-state index < -0.39 is 0 Å². The van der Waals surface area contributed by atoms with Crippen LogP contribution in [0.5, 0.6) is 5.75 Å². The highest BCUT2D eigenvalue weighted by Gasteiger charge is 2.02. The number of nitrogens with one attached hydrogen (secondary N) is 2. The first-order valence-electron chi connectivity index (χ1n) is 9.44. The van der Waals surface area contributed by atoms with Crippen LogP contribution in [0.4, 0.5) is 0 Å². The maximum Gasteiger partial charge on any atom is 0.191 e. The van der Waals surface area contributed by atoms with Crippen LogP contribution in [-0.2, 0) is 13.1 Å². The normalized spacial score (nSPS) is 11.1. The standard InChI is InChI=1S/C22H32N4O.HI/c1-18-8-5-6-9-20(18)17-25-22(23-2)24-16-19-10-12-21(13-11-19)27-15-7-14-26(3)4;/h5-6,8-13H,7,14-17H2,1-4H3,(H2,23,24,25);1H. The van der Waals surface area contributed by atoms with E-state index >= 15 is 0 Å². The predicted molar refractivity (Wildman–Crippen MR) is 129 cm³/mol. The number of ether oxygens (including phenoxy) is 1. The lowest BCUT2D eigenvalue weighted by atomic mass is 10.1. The molecule has 28 heavy (non-hydrogen) atoms. The summed E-state index contributed by atoms with van der Waals surface area (Å²) >= 11 is 0. The number of nitrogens with zero attached hydrogens (tertiary/aromatic N) is 2. The lowest BCUT2D eigenvalue weighted by Gasteiger charge is -2.14. The van der Waals surface area contributed by atoms with Crippen molar-refractivity contribution in [2.24, 2.45) is 4.99 Å². The molecule has 0 fully saturated rings. The van der Waals surface area contributed by atoms with Crippen molar-refractivity contribution in [2.75, 3.05) is 34.3 Å². The number of benzene rings is 2. The molecular formula is C22H33IN4O. The van der Waals surface area contributed by atoms with Crippen LogP contribution in [0, 0.1) is 6.92 Å². The summed E-state index contributed by atoms with van der Waals surface area (Å²) in [5, 5.41) is 6.71. The summed E-state index contributed by atoms with van der Waals surface area (Å²) in [5.74, 6) is 1.71. The number of aryl methyl sites for hydroxylation is 1. The van der Waals surface area contributed by atoms with Gasteiger partial charge in [0.25, 0.3) is 0 Å². The molecule has 2 aromatic carbocycles. The Morgan fingerprint density at radius 1 is 1.00 bits per heavy atom. The summed E-state index contributed by atoms with van der Waals surface area (Å²) in [6.45, 7) is 5.37. The van der Waals surface area contributed by atoms with Gasteiger partial charge in [-0.05, 0) is 56.3 Å². The Morgan fingerprint density at radius 2 is 1.68 bits per heavy atom. The molecule has 0 heterocycles. The van der Waals surface area contributed by atoms with E-state index in [-0.39, 0.29) is 24.0 Å². The molecule has 154 valence electrons. The zero-order chi connectivity index (χ0) is 19.5. The second kappa shape index (κ2) is 13.4. The third kappa shape index (κ3) is 8.93. The van der Waals surface area contributed by atoms with Gasteiger partial charge in [-0.2, -0.15) is 0 Å². The van der Waals surface area contributed by atoms with Gasteiger partial charge in [-0.3, -0.25) is 4.99 Å². The Kier molecular flexibility index (Phi) is 11.6. The summed E-state index contributed by atoms with van der Waals surface area (Å²) in [6, 6.07) is 16.6. The minimum atomic E-state index is 0.